The fourth-order valence-corrected chi connectivity index (χ4v) is 4.26. The quantitative estimate of drug-likeness (QED) is 0.530. The van der Waals surface area contributed by atoms with E-state index in [0.717, 1.165) is 18.4 Å². The molecule has 1 unspecified atom stereocenters. The van der Waals surface area contributed by atoms with Crippen LogP contribution in [-0.4, -0.2) is 29.5 Å². The molecule has 1 aromatic carbocycles. The Balaban J connectivity index is 2.02. The first kappa shape index (κ1) is 24.7. The lowest BCUT2D eigenvalue weighted by molar-refractivity contribution is 0.226. The highest BCUT2D eigenvalue weighted by Crippen LogP contribution is 2.36. The number of aliphatic imine (C=N–C) groups is 2. The van der Waals surface area contributed by atoms with Crippen LogP contribution in [-0.2, 0) is 0 Å². The summed E-state index contributed by atoms with van der Waals surface area (Å²) in [7, 11) is 1.59. The Kier molecular flexibility index (Phi) is 7.12. The summed E-state index contributed by atoms with van der Waals surface area (Å²) in [6, 6.07) is 6.16. The molecule has 2 bridgehead atoms. The molecule has 6 N–H and O–H groups in total. The first-order valence-corrected chi connectivity index (χ1v) is 11.9. The number of fused-ring (bicyclic) bond motifs is 3. The molecule has 184 valence electrons. The van der Waals surface area contributed by atoms with E-state index >= 15 is 0 Å². The molecule has 1 saturated carbocycles. The summed E-state index contributed by atoms with van der Waals surface area (Å²) in [5.74, 6) is 0.736. The Hall–Kier alpha value is -3.39. The normalized spacial score (nSPS) is 21.7. The predicted molar refractivity (Wildman–Crippen MR) is 140 cm³/mol. The molecule has 2 aromatic rings. The van der Waals surface area contributed by atoms with Crippen molar-refractivity contribution in [1.82, 2.24) is 4.98 Å². The van der Waals surface area contributed by atoms with Crippen molar-refractivity contribution in [2.45, 2.75) is 39.2 Å². The third-order valence-corrected chi connectivity index (χ3v) is 6.69. The zero-order valence-corrected chi connectivity index (χ0v) is 20.9. The highest BCUT2D eigenvalue weighted by molar-refractivity contribution is 6.70. The van der Waals surface area contributed by atoms with Gasteiger partial charge in [0.25, 0.3) is 0 Å². The maximum absolute atomic E-state index is 14.3. The maximum Gasteiger partial charge on any atom is 0.166 e. The second-order valence-corrected chi connectivity index (χ2v) is 9.33. The molecule has 1 aliphatic heterocycles. The first-order chi connectivity index (χ1) is 16.7. The van der Waals surface area contributed by atoms with Crippen LogP contribution >= 0.6 is 11.6 Å². The molecule has 0 amide bonds. The molecule has 9 heteroatoms. The smallest absolute Gasteiger partial charge is 0.166 e. The van der Waals surface area contributed by atoms with Crippen molar-refractivity contribution in [1.29, 1.82) is 0 Å². The van der Waals surface area contributed by atoms with Crippen molar-refractivity contribution >= 4 is 34.0 Å². The lowest BCUT2D eigenvalue weighted by Gasteiger charge is -2.24. The van der Waals surface area contributed by atoms with Gasteiger partial charge in [0, 0.05) is 65.4 Å². The van der Waals surface area contributed by atoms with E-state index in [1.54, 1.807) is 32.3 Å². The average molecular weight is 497 g/mol. The van der Waals surface area contributed by atoms with Gasteiger partial charge < -0.3 is 21.9 Å². The largest absolute Gasteiger partial charge is 0.482 e. The minimum absolute atomic E-state index is 0.220. The molecule has 1 fully saturated rings. The second kappa shape index (κ2) is 10.1. The monoisotopic (exact) mass is 496 g/mol. The average Bonchev–Trinajstić information content (AvgIpc) is 3.65. The number of nitrogen functional groups attached to an aromatic ring is 1. The van der Waals surface area contributed by atoms with Crippen molar-refractivity contribution < 1.29 is 9.13 Å². The molecule has 1 atom stereocenters. The predicted octanol–water partition coefficient (Wildman–Crippen LogP) is 4.72. The van der Waals surface area contributed by atoms with Gasteiger partial charge in [-0.05, 0) is 56.9 Å². The number of rotatable bonds is 3. The van der Waals surface area contributed by atoms with Crippen molar-refractivity contribution in [2.75, 3.05) is 19.3 Å². The van der Waals surface area contributed by atoms with Crippen molar-refractivity contribution in [2.24, 2.45) is 27.4 Å². The summed E-state index contributed by atoms with van der Waals surface area (Å²) in [5.41, 5.74) is 24.0. The van der Waals surface area contributed by atoms with Gasteiger partial charge in [-0.15, -0.1) is 0 Å². The van der Waals surface area contributed by atoms with Crippen LogP contribution in [0.3, 0.4) is 0 Å². The number of aromatic nitrogens is 1. The summed E-state index contributed by atoms with van der Waals surface area (Å²) >= 11 is 6.58. The van der Waals surface area contributed by atoms with Crippen LogP contribution in [0, 0.1) is 11.7 Å². The van der Waals surface area contributed by atoms with Gasteiger partial charge in [-0.3, -0.25) is 9.98 Å². The lowest BCUT2D eigenvalue weighted by atomic mass is 9.91. The summed E-state index contributed by atoms with van der Waals surface area (Å²) in [6.45, 7) is 4.29. The Morgan fingerprint density at radius 1 is 1.26 bits per heavy atom. The molecule has 7 nitrogen and oxygen atoms in total. The van der Waals surface area contributed by atoms with E-state index < -0.39 is 11.9 Å². The van der Waals surface area contributed by atoms with Crippen LogP contribution in [0.1, 0.15) is 55.9 Å². The number of nitrogens with zero attached hydrogens (tertiary/aromatic N) is 3. The van der Waals surface area contributed by atoms with Gasteiger partial charge in [-0.1, -0.05) is 11.6 Å². The van der Waals surface area contributed by atoms with Crippen molar-refractivity contribution in [3.63, 3.8) is 0 Å². The van der Waals surface area contributed by atoms with E-state index in [0.29, 0.717) is 57.6 Å². The van der Waals surface area contributed by atoms with Crippen LogP contribution in [0.4, 0.5) is 10.2 Å². The van der Waals surface area contributed by atoms with E-state index in [-0.39, 0.29) is 17.4 Å². The number of halogens is 2. The number of nitrogens with two attached hydrogens (primary N) is 3. The Morgan fingerprint density at radius 2 is 2.00 bits per heavy atom. The fourth-order valence-electron chi connectivity index (χ4n) is 4.09. The second-order valence-electron chi connectivity index (χ2n) is 8.98. The van der Waals surface area contributed by atoms with Crippen LogP contribution in [0.5, 0.6) is 5.75 Å². The number of anilines is 1. The summed E-state index contributed by atoms with van der Waals surface area (Å²) in [5, 5.41) is 0.236. The van der Waals surface area contributed by atoms with Crippen molar-refractivity contribution in [3.8, 4) is 5.75 Å². The molecular formula is C26H30ClFN6O. The Bertz CT molecular complexity index is 1270. The number of hydrogen-bond acceptors (Lipinski definition) is 7. The minimum Gasteiger partial charge on any atom is -0.482 e. The first-order valence-electron chi connectivity index (χ1n) is 11.5. The van der Waals surface area contributed by atoms with E-state index in [1.807, 2.05) is 6.92 Å². The van der Waals surface area contributed by atoms with Gasteiger partial charge >= 0.3 is 0 Å². The van der Waals surface area contributed by atoms with Gasteiger partial charge in [0.15, 0.2) is 11.6 Å². The van der Waals surface area contributed by atoms with Crippen LogP contribution in [0.2, 0.25) is 0 Å². The topological polar surface area (TPSA) is 125 Å². The van der Waals surface area contributed by atoms with Gasteiger partial charge in [0.05, 0.1) is 5.71 Å². The number of pyridine rings is 1. The summed E-state index contributed by atoms with van der Waals surface area (Å²) < 4.78 is 20.5. The molecule has 0 saturated heterocycles. The van der Waals surface area contributed by atoms with Gasteiger partial charge in [-0.25, -0.2) is 9.37 Å². The highest BCUT2D eigenvalue weighted by atomic mass is 35.5. The number of allylic oxidation sites excluding steroid dienone is 3. The molecular weight excluding hydrogens is 467 g/mol. The van der Waals surface area contributed by atoms with E-state index in [2.05, 4.69) is 9.98 Å². The van der Waals surface area contributed by atoms with Crippen molar-refractivity contribution in [3.05, 3.63) is 69.8 Å². The summed E-state index contributed by atoms with van der Waals surface area (Å²) in [4.78, 5) is 13.5. The fraction of sp³-hybridized carbons (Fsp3) is 0.346. The zero-order chi connectivity index (χ0) is 25.3. The molecule has 0 radical (unpaired) electrons. The molecule has 0 spiro atoms. The molecule has 2 aliphatic rings. The van der Waals surface area contributed by atoms with Gasteiger partial charge in [0.2, 0.25) is 0 Å². The van der Waals surface area contributed by atoms with Crippen LogP contribution in [0.25, 0.3) is 5.70 Å². The summed E-state index contributed by atoms with van der Waals surface area (Å²) in [6.07, 6.45) is 3.66. The SMILES string of the molecule is CN=C(Cl)C1=C(N)c2ccc(F)cc2C(C)Oc2cc(cnc2N)C(=NCC2CC2)C(=C(C)N)C1. The Morgan fingerprint density at radius 3 is 2.66 bits per heavy atom. The number of benzene rings is 1. The van der Waals surface area contributed by atoms with Crippen LogP contribution in [0.15, 0.2) is 57.3 Å². The Labute approximate surface area is 209 Å². The maximum atomic E-state index is 14.3. The van der Waals surface area contributed by atoms with Crippen LogP contribution < -0.4 is 21.9 Å². The zero-order valence-electron chi connectivity index (χ0n) is 20.1. The third-order valence-electron chi connectivity index (χ3n) is 6.29. The van der Waals surface area contributed by atoms with E-state index in [1.165, 1.54) is 12.1 Å². The van der Waals surface area contributed by atoms with Gasteiger partial charge in [-0.2, -0.15) is 0 Å². The van der Waals surface area contributed by atoms with E-state index in [4.69, 9.17) is 38.5 Å². The third kappa shape index (κ3) is 5.32. The molecule has 1 aromatic heterocycles. The molecule has 1 aliphatic carbocycles. The highest BCUT2D eigenvalue weighted by Gasteiger charge is 2.26. The van der Waals surface area contributed by atoms with Gasteiger partial charge in [0.1, 0.15) is 17.1 Å². The minimum atomic E-state index is -0.588. The number of hydrogen-bond donors (Lipinski definition) is 3. The number of ether oxygens (including phenoxy) is 1. The molecule has 35 heavy (non-hydrogen) atoms. The van der Waals surface area contributed by atoms with E-state index in [9.17, 15) is 4.39 Å². The standard InChI is InChI=1S/C26H30ClFN6O/c1-13(29)19-10-21(25(27)32-3)23(30)18-7-6-17(28)9-20(18)14(2)35-22-8-16(12-34-26(22)31)24(19)33-11-15-4-5-15/h6-9,12,14-15H,4-5,10-11,29-30H2,1-3H3,(H2,31,34). The molecule has 2 heterocycles. The molecule has 4 rings (SSSR count). The lowest BCUT2D eigenvalue weighted by Crippen LogP contribution is -2.19.